The van der Waals surface area contributed by atoms with Crippen molar-refractivity contribution in [2.24, 2.45) is 5.92 Å². The highest BCUT2D eigenvalue weighted by molar-refractivity contribution is 6.31. The van der Waals surface area contributed by atoms with Crippen LogP contribution >= 0.6 is 11.6 Å². The predicted molar refractivity (Wildman–Crippen MR) is 99.1 cm³/mol. The third-order valence-electron chi connectivity index (χ3n) is 4.83. The molecular formula is C18H17ClFN5O2. The number of hydrogen-bond donors (Lipinski definition) is 3. The van der Waals surface area contributed by atoms with Crippen molar-refractivity contribution in [1.29, 1.82) is 0 Å². The van der Waals surface area contributed by atoms with E-state index in [1.165, 1.54) is 6.20 Å². The second-order valence-electron chi connectivity index (χ2n) is 6.76. The molecule has 27 heavy (non-hydrogen) atoms. The average Bonchev–Trinajstić information content (AvgIpc) is 3.23. The van der Waals surface area contributed by atoms with Gasteiger partial charge in [-0.3, -0.25) is 4.79 Å². The quantitative estimate of drug-likeness (QED) is 0.612. The summed E-state index contributed by atoms with van der Waals surface area (Å²) in [5.41, 5.74) is 1.32. The maximum atomic E-state index is 14.2. The summed E-state index contributed by atoms with van der Waals surface area (Å²) in [5.74, 6) is -0.773. The first-order valence-corrected chi connectivity index (χ1v) is 9.01. The van der Waals surface area contributed by atoms with Gasteiger partial charge in [-0.05, 0) is 31.2 Å². The van der Waals surface area contributed by atoms with Gasteiger partial charge in [-0.15, -0.1) is 0 Å². The van der Waals surface area contributed by atoms with Crippen LogP contribution < -0.4 is 5.32 Å². The molecular weight excluding hydrogens is 373 g/mol. The van der Waals surface area contributed by atoms with Gasteiger partial charge in [0.15, 0.2) is 17.5 Å². The van der Waals surface area contributed by atoms with Gasteiger partial charge in [-0.1, -0.05) is 11.6 Å². The van der Waals surface area contributed by atoms with E-state index in [1.807, 2.05) is 0 Å². The Bertz CT molecular complexity index is 1010. The predicted octanol–water partition coefficient (Wildman–Crippen LogP) is 3.87. The molecule has 0 saturated heterocycles. The highest BCUT2D eigenvalue weighted by atomic mass is 35.5. The normalized spacial score (nSPS) is 19.5. The molecule has 0 bridgehead atoms. The van der Waals surface area contributed by atoms with Crippen LogP contribution in [-0.2, 0) is 4.79 Å². The van der Waals surface area contributed by atoms with Gasteiger partial charge < -0.3 is 15.4 Å². The van der Waals surface area contributed by atoms with Gasteiger partial charge in [-0.25, -0.2) is 19.3 Å². The molecule has 0 aromatic carbocycles. The molecule has 2 atom stereocenters. The summed E-state index contributed by atoms with van der Waals surface area (Å²) >= 11 is 6.02. The molecule has 0 unspecified atom stereocenters. The number of rotatable bonds is 5. The Morgan fingerprint density at radius 2 is 2.22 bits per heavy atom. The maximum Gasteiger partial charge on any atom is 0.303 e. The molecule has 1 saturated carbocycles. The minimum atomic E-state index is -0.803. The molecule has 4 rings (SSSR count). The number of aliphatic carboxylic acids is 1. The molecule has 3 heterocycles. The number of carboxylic acids is 1. The van der Waals surface area contributed by atoms with Crippen LogP contribution in [0.25, 0.3) is 22.4 Å². The first-order valence-electron chi connectivity index (χ1n) is 8.63. The Kier molecular flexibility index (Phi) is 4.65. The van der Waals surface area contributed by atoms with Crippen molar-refractivity contribution in [3.63, 3.8) is 0 Å². The summed E-state index contributed by atoms with van der Waals surface area (Å²) in [6.07, 6.45) is 6.78. The number of pyridine rings is 1. The summed E-state index contributed by atoms with van der Waals surface area (Å²) < 4.78 is 14.2. The zero-order chi connectivity index (χ0) is 19.0. The van der Waals surface area contributed by atoms with Crippen LogP contribution in [0.4, 0.5) is 10.2 Å². The van der Waals surface area contributed by atoms with Crippen LogP contribution in [0.5, 0.6) is 0 Å². The maximum absolute atomic E-state index is 14.2. The van der Waals surface area contributed by atoms with Crippen LogP contribution in [-0.4, -0.2) is 37.1 Å². The summed E-state index contributed by atoms with van der Waals surface area (Å²) in [6.45, 7) is 0. The highest BCUT2D eigenvalue weighted by Gasteiger charge is 2.27. The van der Waals surface area contributed by atoms with E-state index in [0.717, 1.165) is 24.4 Å². The third-order valence-corrected chi connectivity index (χ3v) is 5.03. The summed E-state index contributed by atoms with van der Waals surface area (Å²) in [5, 5.41) is 13.3. The van der Waals surface area contributed by atoms with Crippen molar-refractivity contribution < 1.29 is 14.3 Å². The highest BCUT2D eigenvalue weighted by Crippen LogP contribution is 2.32. The lowest BCUT2D eigenvalue weighted by molar-refractivity contribution is -0.138. The van der Waals surface area contributed by atoms with Crippen LogP contribution in [0.2, 0.25) is 5.02 Å². The molecule has 140 valence electrons. The van der Waals surface area contributed by atoms with E-state index in [2.05, 4.69) is 25.3 Å². The van der Waals surface area contributed by atoms with Crippen LogP contribution in [0.1, 0.15) is 25.7 Å². The monoisotopic (exact) mass is 389 g/mol. The molecule has 0 spiro atoms. The van der Waals surface area contributed by atoms with Gasteiger partial charge in [0, 0.05) is 35.8 Å². The van der Waals surface area contributed by atoms with Crippen molar-refractivity contribution in [2.45, 2.75) is 31.7 Å². The fourth-order valence-electron chi connectivity index (χ4n) is 3.59. The second-order valence-corrected chi connectivity index (χ2v) is 7.20. The Labute approximate surface area is 159 Å². The van der Waals surface area contributed by atoms with Crippen LogP contribution in [0.15, 0.2) is 24.7 Å². The number of aromatic nitrogens is 4. The zero-order valence-corrected chi connectivity index (χ0v) is 15.0. The van der Waals surface area contributed by atoms with E-state index >= 15 is 0 Å². The zero-order valence-electron chi connectivity index (χ0n) is 14.2. The Morgan fingerprint density at radius 1 is 1.37 bits per heavy atom. The number of carbonyl (C=O) groups is 1. The van der Waals surface area contributed by atoms with Crippen LogP contribution in [0, 0.1) is 11.7 Å². The van der Waals surface area contributed by atoms with Gasteiger partial charge >= 0.3 is 5.97 Å². The number of fused-ring (bicyclic) bond motifs is 1. The number of carboxylic acid groups (broad SMARTS) is 1. The molecule has 1 aliphatic rings. The molecule has 9 heteroatoms. The van der Waals surface area contributed by atoms with Gasteiger partial charge in [0.25, 0.3) is 0 Å². The van der Waals surface area contributed by atoms with Gasteiger partial charge in [0.2, 0.25) is 0 Å². The minimum absolute atomic E-state index is 0.00863. The number of halogens is 2. The lowest BCUT2D eigenvalue weighted by Gasteiger charge is -2.14. The van der Waals surface area contributed by atoms with Crippen molar-refractivity contribution in [1.82, 2.24) is 19.9 Å². The molecule has 0 aliphatic heterocycles. The molecule has 3 aromatic rings. The average molecular weight is 390 g/mol. The van der Waals surface area contributed by atoms with Crippen molar-refractivity contribution >= 4 is 34.4 Å². The molecule has 0 amide bonds. The van der Waals surface area contributed by atoms with E-state index in [1.54, 1.807) is 12.3 Å². The lowest BCUT2D eigenvalue weighted by Crippen LogP contribution is -2.18. The fourth-order valence-corrected chi connectivity index (χ4v) is 3.75. The number of H-pyrrole nitrogens is 1. The first-order chi connectivity index (χ1) is 13.0. The SMILES string of the molecule is O=C(O)C[C@H]1CC[C@H](Nc2nc(-c3c[nH]c4ncc(Cl)cc34)ncc2F)C1. The van der Waals surface area contributed by atoms with Crippen molar-refractivity contribution in [3.8, 4) is 11.4 Å². The standard InChI is InChI=1S/C18H17ClFN5O2/c19-10-5-12-13(7-22-16(12)21-6-10)17-23-8-14(20)18(25-17)24-11-2-1-9(3-11)4-15(26)27/h5-9,11H,1-4H2,(H,21,22)(H,26,27)(H,23,24,25)/t9-,11-/m0/s1. The Balaban J connectivity index is 1.58. The van der Waals surface area contributed by atoms with E-state index < -0.39 is 11.8 Å². The van der Waals surface area contributed by atoms with E-state index in [4.69, 9.17) is 16.7 Å². The second kappa shape index (κ2) is 7.11. The van der Waals surface area contributed by atoms with Gasteiger partial charge in [-0.2, -0.15) is 0 Å². The van der Waals surface area contributed by atoms with Gasteiger partial charge in [0.05, 0.1) is 11.2 Å². The number of nitrogens with one attached hydrogen (secondary N) is 2. The smallest absolute Gasteiger partial charge is 0.303 e. The van der Waals surface area contributed by atoms with Crippen molar-refractivity contribution in [3.05, 3.63) is 35.5 Å². The number of nitrogens with zero attached hydrogens (tertiary/aromatic N) is 3. The van der Waals surface area contributed by atoms with Crippen molar-refractivity contribution in [2.75, 3.05) is 5.32 Å². The molecule has 1 fully saturated rings. The number of aromatic amines is 1. The lowest BCUT2D eigenvalue weighted by atomic mass is 10.0. The fraction of sp³-hybridized carbons (Fsp3) is 0.333. The molecule has 0 radical (unpaired) electrons. The van der Waals surface area contributed by atoms with Crippen LogP contribution in [0.3, 0.4) is 0 Å². The summed E-state index contributed by atoms with van der Waals surface area (Å²) in [6, 6.07) is 1.74. The van der Waals surface area contributed by atoms with Gasteiger partial charge in [0.1, 0.15) is 5.65 Å². The molecule has 3 aromatic heterocycles. The van der Waals surface area contributed by atoms with E-state index in [-0.39, 0.29) is 24.2 Å². The van der Waals surface area contributed by atoms with E-state index in [0.29, 0.717) is 28.5 Å². The molecule has 3 N–H and O–H groups in total. The first kappa shape index (κ1) is 17.7. The third kappa shape index (κ3) is 3.71. The molecule has 1 aliphatic carbocycles. The van der Waals surface area contributed by atoms with E-state index in [9.17, 15) is 9.18 Å². The Morgan fingerprint density at radius 3 is 3.04 bits per heavy atom. The summed E-state index contributed by atoms with van der Waals surface area (Å²) in [4.78, 5) is 26.5. The topological polar surface area (TPSA) is 104 Å². The summed E-state index contributed by atoms with van der Waals surface area (Å²) in [7, 11) is 0. The minimum Gasteiger partial charge on any atom is -0.481 e. The number of hydrogen-bond acceptors (Lipinski definition) is 5. The molecule has 7 nitrogen and oxygen atoms in total. The Hall–Kier alpha value is -2.74. The number of anilines is 1. The largest absolute Gasteiger partial charge is 0.481 e.